The average Bonchev–Trinajstić information content (AvgIpc) is 2.56. The van der Waals surface area contributed by atoms with Crippen LogP contribution >= 0.6 is 27.5 Å². The molecule has 1 N–H and O–H groups in total. The Labute approximate surface area is 158 Å². The second-order valence-electron chi connectivity index (χ2n) is 5.42. The molecular formula is C16H12BrClN2O4S. The fourth-order valence-corrected chi connectivity index (χ4v) is 4.45. The Morgan fingerprint density at radius 1 is 1.20 bits per heavy atom. The normalized spacial score (nSPS) is 18.6. The number of anilines is 1. The van der Waals surface area contributed by atoms with Crippen molar-refractivity contribution >= 4 is 55.1 Å². The molecule has 2 aromatic carbocycles. The van der Waals surface area contributed by atoms with Crippen molar-refractivity contribution in [3.63, 3.8) is 0 Å². The van der Waals surface area contributed by atoms with Crippen molar-refractivity contribution in [2.24, 2.45) is 0 Å². The molecule has 6 nitrogen and oxygen atoms in total. The van der Waals surface area contributed by atoms with Crippen LogP contribution in [0.25, 0.3) is 0 Å². The number of nitrogens with zero attached hydrogens (tertiary/aromatic N) is 1. The van der Waals surface area contributed by atoms with Crippen molar-refractivity contribution in [1.82, 2.24) is 4.31 Å². The van der Waals surface area contributed by atoms with Gasteiger partial charge in [-0.15, -0.1) is 0 Å². The van der Waals surface area contributed by atoms with Crippen LogP contribution in [0.2, 0.25) is 5.02 Å². The summed E-state index contributed by atoms with van der Waals surface area (Å²) in [6, 6.07) is 10.9. The standard InChI is InChI=1S/C16H12BrClN2O4S/c1-20-16(22)14(15(21)19-11-5-2-9(17)3-6-11)12-7-4-10(18)8-13(12)25(20,23)24/h2-8,14H,1H3,(H,19,21). The number of sulfonamides is 1. The maximum atomic E-state index is 12.7. The molecule has 0 saturated carbocycles. The minimum atomic E-state index is -4.02. The molecule has 130 valence electrons. The smallest absolute Gasteiger partial charge is 0.266 e. The van der Waals surface area contributed by atoms with Crippen molar-refractivity contribution in [2.45, 2.75) is 10.8 Å². The largest absolute Gasteiger partial charge is 0.325 e. The lowest BCUT2D eigenvalue weighted by Gasteiger charge is -2.30. The summed E-state index contributed by atoms with van der Waals surface area (Å²) in [5.41, 5.74) is 0.606. The molecule has 0 radical (unpaired) electrons. The van der Waals surface area contributed by atoms with E-state index in [0.29, 0.717) is 9.99 Å². The third-order valence-electron chi connectivity index (χ3n) is 3.86. The van der Waals surface area contributed by atoms with E-state index < -0.39 is 27.8 Å². The Kier molecular flexibility index (Phi) is 4.61. The molecule has 25 heavy (non-hydrogen) atoms. The van der Waals surface area contributed by atoms with Gasteiger partial charge in [-0.3, -0.25) is 9.59 Å². The molecule has 1 aliphatic rings. The zero-order valence-corrected chi connectivity index (χ0v) is 16.0. The Hall–Kier alpha value is -1.90. The van der Waals surface area contributed by atoms with E-state index >= 15 is 0 Å². The minimum Gasteiger partial charge on any atom is -0.325 e. The van der Waals surface area contributed by atoms with Gasteiger partial charge in [0.2, 0.25) is 5.91 Å². The zero-order valence-electron chi connectivity index (χ0n) is 12.9. The summed E-state index contributed by atoms with van der Waals surface area (Å²) < 4.78 is 26.3. The topological polar surface area (TPSA) is 83.6 Å². The molecule has 1 heterocycles. The molecule has 0 bridgehead atoms. The molecule has 0 saturated heterocycles. The van der Waals surface area contributed by atoms with Crippen LogP contribution in [0, 0.1) is 0 Å². The van der Waals surface area contributed by atoms with Crippen LogP contribution in [0.3, 0.4) is 0 Å². The Balaban J connectivity index is 2.04. The molecule has 1 atom stereocenters. The molecule has 2 amide bonds. The first-order valence-corrected chi connectivity index (χ1v) is 9.71. The zero-order chi connectivity index (χ0) is 18.4. The predicted octanol–water partition coefficient (Wildman–Crippen LogP) is 2.99. The highest BCUT2D eigenvalue weighted by Gasteiger charge is 2.44. The predicted molar refractivity (Wildman–Crippen MR) is 96.9 cm³/mol. The molecule has 2 aromatic rings. The van der Waals surface area contributed by atoms with Gasteiger partial charge >= 0.3 is 0 Å². The van der Waals surface area contributed by atoms with E-state index in [1.165, 1.54) is 18.2 Å². The highest BCUT2D eigenvalue weighted by Crippen LogP contribution is 2.36. The highest BCUT2D eigenvalue weighted by molar-refractivity contribution is 9.10. The number of hydrogen-bond acceptors (Lipinski definition) is 4. The van der Waals surface area contributed by atoms with Crippen molar-refractivity contribution in [3.8, 4) is 0 Å². The number of halogens is 2. The van der Waals surface area contributed by atoms with Gasteiger partial charge in [0, 0.05) is 22.2 Å². The van der Waals surface area contributed by atoms with Gasteiger partial charge in [-0.25, -0.2) is 12.7 Å². The van der Waals surface area contributed by atoms with Gasteiger partial charge in [-0.2, -0.15) is 0 Å². The van der Waals surface area contributed by atoms with E-state index in [-0.39, 0.29) is 15.5 Å². The number of hydrogen-bond donors (Lipinski definition) is 1. The lowest BCUT2D eigenvalue weighted by Crippen LogP contribution is -2.45. The number of benzene rings is 2. The van der Waals surface area contributed by atoms with Crippen LogP contribution in [0.4, 0.5) is 5.69 Å². The van der Waals surface area contributed by atoms with Gasteiger partial charge in [0.15, 0.2) is 0 Å². The molecule has 0 fully saturated rings. The molecular weight excluding hydrogens is 432 g/mol. The third-order valence-corrected chi connectivity index (χ3v) is 6.43. The first kappa shape index (κ1) is 17.9. The number of rotatable bonds is 2. The number of likely N-dealkylation sites (N-methyl/N-ethyl adjacent to an activating group) is 1. The van der Waals surface area contributed by atoms with Crippen LogP contribution in [0.15, 0.2) is 51.8 Å². The monoisotopic (exact) mass is 442 g/mol. The second kappa shape index (κ2) is 6.44. The van der Waals surface area contributed by atoms with E-state index in [2.05, 4.69) is 21.2 Å². The molecule has 1 unspecified atom stereocenters. The molecule has 0 aromatic heterocycles. The van der Waals surface area contributed by atoms with Gasteiger partial charge < -0.3 is 5.32 Å². The molecule has 0 aliphatic carbocycles. The summed E-state index contributed by atoms with van der Waals surface area (Å²) in [5, 5.41) is 2.84. The van der Waals surface area contributed by atoms with Crippen molar-refractivity contribution in [3.05, 3.63) is 57.5 Å². The Morgan fingerprint density at radius 2 is 1.84 bits per heavy atom. The van der Waals surface area contributed by atoms with Gasteiger partial charge in [-0.1, -0.05) is 33.6 Å². The first-order valence-electron chi connectivity index (χ1n) is 7.10. The van der Waals surface area contributed by atoms with Gasteiger partial charge in [0.1, 0.15) is 5.92 Å². The van der Waals surface area contributed by atoms with Crippen LogP contribution in [-0.4, -0.2) is 31.6 Å². The third kappa shape index (κ3) is 3.17. The summed E-state index contributed by atoms with van der Waals surface area (Å²) in [7, 11) is -2.90. The first-order chi connectivity index (χ1) is 11.7. The summed E-state index contributed by atoms with van der Waals surface area (Å²) in [6.45, 7) is 0. The van der Waals surface area contributed by atoms with Gasteiger partial charge in [0.05, 0.1) is 4.90 Å². The van der Waals surface area contributed by atoms with Crippen LogP contribution in [-0.2, 0) is 19.6 Å². The van der Waals surface area contributed by atoms with Crippen LogP contribution in [0.5, 0.6) is 0 Å². The minimum absolute atomic E-state index is 0.113. The number of carbonyl (C=O) groups is 2. The number of nitrogens with one attached hydrogen (secondary N) is 1. The highest BCUT2D eigenvalue weighted by atomic mass is 79.9. The Morgan fingerprint density at radius 3 is 2.48 bits per heavy atom. The van der Waals surface area contributed by atoms with Crippen molar-refractivity contribution < 1.29 is 18.0 Å². The van der Waals surface area contributed by atoms with Gasteiger partial charge in [0.25, 0.3) is 15.9 Å². The lowest BCUT2D eigenvalue weighted by molar-refractivity contribution is -0.132. The second-order valence-corrected chi connectivity index (χ2v) is 8.71. The fourth-order valence-electron chi connectivity index (χ4n) is 2.55. The van der Waals surface area contributed by atoms with E-state index in [1.807, 2.05) is 0 Å². The molecule has 1 aliphatic heterocycles. The van der Waals surface area contributed by atoms with Crippen LogP contribution < -0.4 is 5.32 Å². The Bertz CT molecular complexity index is 976. The maximum Gasteiger partial charge on any atom is 0.266 e. The summed E-state index contributed by atoms with van der Waals surface area (Å²) in [6.07, 6.45) is 0. The molecule has 0 spiro atoms. The van der Waals surface area contributed by atoms with E-state index in [4.69, 9.17) is 11.6 Å². The summed E-state index contributed by atoms with van der Waals surface area (Å²) >= 11 is 9.18. The van der Waals surface area contributed by atoms with Crippen molar-refractivity contribution in [2.75, 3.05) is 12.4 Å². The summed E-state index contributed by atoms with van der Waals surface area (Å²) in [5.74, 6) is -2.70. The van der Waals surface area contributed by atoms with E-state index in [0.717, 1.165) is 11.5 Å². The lowest BCUT2D eigenvalue weighted by atomic mass is 9.96. The molecule has 9 heteroatoms. The van der Waals surface area contributed by atoms with E-state index in [9.17, 15) is 18.0 Å². The SMILES string of the molecule is CN1C(=O)C(C(=O)Nc2ccc(Br)cc2)c2ccc(Cl)cc2S1(=O)=O. The van der Waals surface area contributed by atoms with E-state index in [1.54, 1.807) is 24.3 Å². The average molecular weight is 444 g/mol. The maximum absolute atomic E-state index is 12.7. The molecule has 3 rings (SSSR count). The number of carbonyl (C=O) groups excluding carboxylic acids is 2. The quantitative estimate of drug-likeness (QED) is 0.723. The van der Waals surface area contributed by atoms with Crippen LogP contribution in [0.1, 0.15) is 11.5 Å². The number of amides is 2. The fraction of sp³-hybridized carbons (Fsp3) is 0.125. The van der Waals surface area contributed by atoms with Crippen molar-refractivity contribution in [1.29, 1.82) is 0 Å². The van der Waals surface area contributed by atoms with Gasteiger partial charge in [-0.05, 0) is 42.0 Å². The number of fused-ring (bicyclic) bond motifs is 1. The summed E-state index contributed by atoms with van der Waals surface area (Å²) in [4.78, 5) is 25.0.